The largest absolute Gasteiger partial charge is 0.337 e. The number of rotatable bonds is 4. The fourth-order valence-corrected chi connectivity index (χ4v) is 2.25. The quantitative estimate of drug-likeness (QED) is 0.790. The lowest BCUT2D eigenvalue weighted by Gasteiger charge is -2.27. The van der Waals surface area contributed by atoms with Crippen LogP contribution in [-0.2, 0) is 0 Å². The van der Waals surface area contributed by atoms with E-state index < -0.39 is 11.8 Å². The molecular formula is C13H18ClFN4O. The first-order chi connectivity index (χ1) is 9.66. The summed E-state index contributed by atoms with van der Waals surface area (Å²) in [4.78, 5) is 13.9. The predicted octanol–water partition coefficient (Wildman–Crippen LogP) is 1.51. The summed E-state index contributed by atoms with van der Waals surface area (Å²) in [6.45, 7) is 5.18. The van der Waals surface area contributed by atoms with E-state index in [9.17, 15) is 9.18 Å². The summed E-state index contributed by atoms with van der Waals surface area (Å²) in [5, 5.41) is 8.57. The molecule has 1 aliphatic rings. The maximum Gasteiger partial charge on any atom is 0.319 e. The van der Waals surface area contributed by atoms with Crippen molar-refractivity contribution in [2.24, 2.45) is 0 Å². The second-order valence-corrected chi connectivity index (χ2v) is 4.98. The van der Waals surface area contributed by atoms with Crippen LogP contribution in [0.4, 0.5) is 14.9 Å². The Balaban J connectivity index is 1.75. The Morgan fingerprint density at radius 2 is 2.15 bits per heavy atom. The van der Waals surface area contributed by atoms with Crippen LogP contribution in [0, 0.1) is 5.82 Å². The minimum atomic E-state index is -0.547. The summed E-state index contributed by atoms with van der Waals surface area (Å²) < 4.78 is 13.5. The maximum atomic E-state index is 13.5. The van der Waals surface area contributed by atoms with Crippen LogP contribution in [0.3, 0.4) is 0 Å². The Kier molecular flexibility index (Phi) is 5.58. The summed E-state index contributed by atoms with van der Waals surface area (Å²) in [5.74, 6) is -0.547. The molecule has 0 aromatic heterocycles. The number of anilines is 1. The average molecular weight is 301 g/mol. The monoisotopic (exact) mass is 300 g/mol. The first kappa shape index (κ1) is 15.0. The number of benzene rings is 1. The van der Waals surface area contributed by atoms with Gasteiger partial charge in [-0.2, -0.15) is 0 Å². The first-order valence-corrected chi connectivity index (χ1v) is 6.96. The molecule has 2 rings (SSSR count). The van der Waals surface area contributed by atoms with Gasteiger partial charge >= 0.3 is 6.03 Å². The Morgan fingerprint density at radius 3 is 2.85 bits per heavy atom. The SMILES string of the molecule is O=C(NCCN1CCNCC1)Nc1c(F)cccc1Cl. The van der Waals surface area contributed by atoms with Crippen LogP contribution in [0.15, 0.2) is 18.2 Å². The van der Waals surface area contributed by atoms with Crippen LogP contribution in [-0.4, -0.2) is 50.2 Å². The zero-order valence-corrected chi connectivity index (χ0v) is 11.8. The van der Waals surface area contributed by atoms with Gasteiger partial charge < -0.3 is 16.0 Å². The predicted molar refractivity (Wildman–Crippen MR) is 77.7 cm³/mol. The van der Waals surface area contributed by atoms with Gasteiger partial charge in [-0.15, -0.1) is 0 Å². The molecule has 0 aliphatic carbocycles. The second-order valence-electron chi connectivity index (χ2n) is 4.57. The molecule has 0 unspecified atom stereocenters. The van der Waals surface area contributed by atoms with Crippen LogP contribution in [0.25, 0.3) is 0 Å². The summed E-state index contributed by atoms with van der Waals surface area (Å²) in [6.07, 6.45) is 0. The molecule has 110 valence electrons. The van der Waals surface area contributed by atoms with Crippen LogP contribution in [0.5, 0.6) is 0 Å². The van der Waals surface area contributed by atoms with E-state index in [1.807, 2.05) is 0 Å². The molecular weight excluding hydrogens is 283 g/mol. The number of hydrogen-bond donors (Lipinski definition) is 3. The van der Waals surface area contributed by atoms with Crippen molar-refractivity contribution in [2.75, 3.05) is 44.6 Å². The molecule has 0 saturated carbocycles. The van der Waals surface area contributed by atoms with Gasteiger partial charge in [0.25, 0.3) is 0 Å². The van der Waals surface area contributed by atoms with E-state index in [-0.39, 0.29) is 10.7 Å². The minimum absolute atomic E-state index is 0.00818. The number of halogens is 2. The summed E-state index contributed by atoms with van der Waals surface area (Å²) in [6, 6.07) is 3.82. The highest BCUT2D eigenvalue weighted by molar-refractivity contribution is 6.33. The third-order valence-electron chi connectivity index (χ3n) is 3.12. The lowest BCUT2D eigenvalue weighted by Crippen LogP contribution is -2.46. The highest BCUT2D eigenvalue weighted by atomic mass is 35.5. The maximum absolute atomic E-state index is 13.5. The molecule has 2 amide bonds. The van der Waals surface area contributed by atoms with Gasteiger partial charge in [0, 0.05) is 39.3 Å². The molecule has 7 heteroatoms. The van der Waals surface area contributed by atoms with Crippen LogP contribution < -0.4 is 16.0 Å². The molecule has 20 heavy (non-hydrogen) atoms. The van der Waals surface area contributed by atoms with Crippen LogP contribution in [0.2, 0.25) is 5.02 Å². The van der Waals surface area contributed by atoms with Gasteiger partial charge in [-0.25, -0.2) is 9.18 Å². The standard InChI is InChI=1S/C13H18ClFN4O/c14-10-2-1-3-11(15)12(10)18-13(20)17-6-9-19-7-4-16-5-8-19/h1-3,16H,4-9H2,(H2,17,18,20). The zero-order valence-electron chi connectivity index (χ0n) is 11.1. The highest BCUT2D eigenvalue weighted by Crippen LogP contribution is 2.24. The number of nitrogens with zero attached hydrogens (tertiary/aromatic N) is 1. The van der Waals surface area contributed by atoms with Gasteiger partial charge in [0.05, 0.1) is 10.7 Å². The molecule has 1 saturated heterocycles. The molecule has 5 nitrogen and oxygen atoms in total. The van der Waals surface area contributed by atoms with E-state index in [1.165, 1.54) is 18.2 Å². The molecule has 1 aromatic carbocycles. The van der Waals surface area contributed by atoms with Gasteiger partial charge in [-0.1, -0.05) is 17.7 Å². The number of nitrogens with one attached hydrogen (secondary N) is 3. The number of hydrogen-bond acceptors (Lipinski definition) is 3. The van der Waals surface area contributed by atoms with Crippen molar-refractivity contribution in [3.05, 3.63) is 29.0 Å². The Morgan fingerprint density at radius 1 is 1.40 bits per heavy atom. The van der Waals surface area contributed by atoms with Crippen molar-refractivity contribution >= 4 is 23.3 Å². The van der Waals surface area contributed by atoms with Crippen LogP contribution >= 0.6 is 11.6 Å². The van der Waals surface area contributed by atoms with Crippen molar-refractivity contribution in [1.82, 2.24) is 15.5 Å². The van der Waals surface area contributed by atoms with Crippen molar-refractivity contribution in [3.8, 4) is 0 Å². The van der Waals surface area contributed by atoms with Crippen molar-refractivity contribution in [3.63, 3.8) is 0 Å². The molecule has 3 N–H and O–H groups in total. The molecule has 1 fully saturated rings. The summed E-state index contributed by atoms with van der Waals surface area (Å²) >= 11 is 5.83. The number of carbonyl (C=O) groups excluding carboxylic acids is 1. The third kappa shape index (κ3) is 4.33. The molecule has 0 atom stereocenters. The van der Waals surface area contributed by atoms with E-state index >= 15 is 0 Å². The van der Waals surface area contributed by atoms with E-state index in [4.69, 9.17) is 11.6 Å². The molecule has 0 radical (unpaired) electrons. The number of amides is 2. The Hall–Kier alpha value is -1.37. The van der Waals surface area contributed by atoms with Crippen molar-refractivity contribution in [2.45, 2.75) is 0 Å². The summed E-state index contributed by atoms with van der Waals surface area (Å²) in [7, 11) is 0. The second kappa shape index (κ2) is 7.42. The van der Waals surface area contributed by atoms with Crippen molar-refractivity contribution in [1.29, 1.82) is 0 Å². The fraction of sp³-hybridized carbons (Fsp3) is 0.462. The number of urea groups is 1. The lowest BCUT2D eigenvalue weighted by molar-refractivity contribution is 0.233. The zero-order chi connectivity index (χ0) is 14.4. The van der Waals surface area contributed by atoms with E-state index in [1.54, 1.807) is 0 Å². The van der Waals surface area contributed by atoms with E-state index in [0.717, 1.165) is 32.7 Å². The van der Waals surface area contributed by atoms with Crippen molar-refractivity contribution < 1.29 is 9.18 Å². The molecule has 1 heterocycles. The van der Waals surface area contributed by atoms with E-state index in [2.05, 4.69) is 20.9 Å². The fourth-order valence-electron chi connectivity index (χ4n) is 2.04. The Bertz CT molecular complexity index is 445. The highest BCUT2D eigenvalue weighted by Gasteiger charge is 2.12. The van der Waals surface area contributed by atoms with Crippen LogP contribution in [0.1, 0.15) is 0 Å². The molecule has 0 bridgehead atoms. The topological polar surface area (TPSA) is 56.4 Å². The lowest BCUT2D eigenvalue weighted by atomic mass is 10.3. The van der Waals surface area contributed by atoms with Gasteiger partial charge in [0.15, 0.2) is 0 Å². The molecule has 1 aromatic rings. The third-order valence-corrected chi connectivity index (χ3v) is 3.44. The van der Waals surface area contributed by atoms with E-state index in [0.29, 0.717) is 6.54 Å². The van der Waals surface area contributed by atoms with Gasteiger partial charge in [0.1, 0.15) is 5.82 Å². The number of piperazine rings is 1. The normalized spacial score (nSPS) is 15.9. The van der Waals surface area contributed by atoms with Gasteiger partial charge in [-0.3, -0.25) is 4.90 Å². The van der Waals surface area contributed by atoms with Gasteiger partial charge in [0.2, 0.25) is 0 Å². The number of para-hydroxylation sites is 1. The Labute approximate surface area is 122 Å². The van der Waals surface area contributed by atoms with Gasteiger partial charge in [-0.05, 0) is 12.1 Å². The molecule has 1 aliphatic heterocycles. The number of carbonyl (C=O) groups is 1. The average Bonchev–Trinajstić information content (AvgIpc) is 2.44. The first-order valence-electron chi connectivity index (χ1n) is 6.59. The smallest absolute Gasteiger partial charge is 0.319 e. The minimum Gasteiger partial charge on any atom is -0.337 e. The molecule has 0 spiro atoms. The summed E-state index contributed by atoms with van der Waals surface area (Å²) in [5.41, 5.74) is 0.00818.